The Balaban J connectivity index is 1.38. The van der Waals surface area contributed by atoms with Crippen molar-refractivity contribution < 1.29 is 23.2 Å². The van der Waals surface area contributed by atoms with E-state index in [4.69, 9.17) is 4.52 Å². The zero-order valence-corrected chi connectivity index (χ0v) is 18.7. The zero-order valence-electron chi connectivity index (χ0n) is 18.7. The first-order chi connectivity index (χ1) is 16.3. The number of amides is 2. The summed E-state index contributed by atoms with van der Waals surface area (Å²) in [6.45, 7) is 4.29. The Morgan fingerprint density at radius 3 is 2.79 bits per heavy atom. The Morgan fingerprint density at radius 2 is 2.03 bits per heavy atom. The largest absolute Gasteiger partial charge is 0.453 e. The van der Waals surface area contributed by atoms with Crippen molar-refractivity contribution in [3.63, 3.8) is 0 Å². The lowest BCUT2D eigenvalue weighted by atomic mass is 10.0. The van der Waals surface area contributed by atoms with Crippen molar-refractivity contribution in [3.05, 3.63) is 65.2 Å². The molecule has 0 bridgehead atoms. The number of ether oxygens (including phenoxy) is 1. The van der Waals surface area contributed by atoms with Gasteiger partial charge in [0.15, 0.2) is 0 Å². The summed E-state index contributed by atoms with van der Waals surface area (Å²) in [5, 5.41) is 6.72. The minimum Gasteiger partial charge on any atom is -0.453 e. The molecule has 2 amide bonds. The summed E-state index contributed by atoms with van der Waals surface area (Å²) in [6.07, 6.45) is 2.86. The minimum atomic E-state index is -0.520. The van der Waals surface area contributed by atoms with Crippen LogP contribution in [0.15, 0.2) is 41.2 Å². The maximum atomic E-state index is 14.7. The van der Waals surface area contributed by atoms with Gasteiger partial charge in [0.2, 0.25) is 11.7 Å². The molecule has 0 radical (unpaired) electrons. The van der Waals surface area contributed by atoms with Gasteiger partial charge in [0.1, 0.15) is 17.2 Å². The third-order valence-electron chi connectivity index (χ3n) is 5.84. The molecule has 34 heavy (non-hydrogen) atoms. The van der Waals surface area contributed by atoms with Gasteiger partial charge in [0.25, 0.3) is 5.91 Å². The standard InChI is InChI=1S/C23H21FN6O4/c1-12-4-5-19-25-8-18(30(19)9-12)21(31)26-17-7-14(6-16(24)13(17)2)20-27-22(34-28-20)15-10-29(11-15)23(32)33-3/h4-9,15H,10-11H2,1-3H3,(H,26,31). The van der Waals surface area contributed by atoms with Gasteiger partial charge in [-0.15, -0.1) is 0 Å². The highest BCUT2D eigenvalue weighted by molar-refractivity contribution is 6.04. The Morgan fingerprint density at radius 1 is 1.24 bits per heavy atom. The van der Waals surface area contributed by atoms with E-state index in [1.165, 1.54) is 24.3 Å². The summed E-state index contributed by atoms with van der Waals surface area (Å²) in [5.41, 5.74) is 2.84. The molecule has 1 aromatic carbocycles. The lowest BCUT2D eigenvalue weighted by molar-refractivity contribution is 0.0804. The highest BCUT2D eigenvalue weighted by Gasteiger charge is 2.36. The quantitative estimate of drug-likeness (QED) is 0.491. The molecule has 4 heterocycles. The number of benzene rings is 1. The molecule has 5 rings (SSSR count). The number of rotatable bonds is 4. The van der Waals surface area contributed by atoms with E-state index in [1.807, 2.05) is 25.3 Å². The number of anilines is 1. The molecule has 4 aromatic rings. The average Bonchev–Trinajstić information content (AvgIpc) is 3.42. The predicted octanol–water partition coefficient (Wildman–Crippen LogP) is 3.56. The first-order valence-electron chi connectivity index (χ1n) is 10.6. The summed E-state index contributed by atoms with van der Waals surface area (Å²) in [4.78, 5) is 34.6. The number of methoxy groups -OCH3 is 1. The molecule has 0 aliphatic carbocycles. The predicted molar refractivity (Wildman–Crippen MR) is 119 cm³/mol. The van der Waals surface area contributed by atoms with Crippen molar-refractivity contribution in [1.29, 1.82) is 0 Å². The number of imidazole rings is 1. The van der Waals surface area contributed by atoms with Crippen molar-refractivity contribution in [3.8, 4) is 11.4 Å². The number of pyridine rings is 1. The summed E-state index contributed by atoms with van der Waals surface area (Å²) < 4.78 is 26.4. The lowest BCUT2D eigenvalue weighted by Gasteiger charge is -2.35. The van der Waals surface area contributed by atoms with Gasteiger partial charge in [-0.2, -0.15) is 4.98 Å². The van der Waals surface area contributed by atoms with Crippen molar-refractivity contribution in [2.75, 3.05) is 25.5 Å². The number of carbonyl (C=O) groups excluding carboxylic acids is 2. The number of aryl methyl sites for hydroxylation is 1. The monoisotopic (exact) mass is 464 g/mol. The molecule has 1 saturated heterocycles. The molecule has 1 fully saturated rings. The molecule has 11 heteroatoms. The molecule has 0 spiro atoms. The van der Waals surface area contributed by atoms with Gasteiger partial charge in [-0.1, -0.05) is 11.2 Å². The number of aromatic nitrogens is 4. The number of nitrogens with zero attached hydrogens (tertiary/aromatic N) is 5. The maximum absolute atomic E-state index is 14.7. The number of carbonyl (C=O) groups is 2. The Bertz CT molecular complexity index is 1420. The van der Waals surface area contributed by atoms with E-state index in [-0.39, 0.29) is 23.0 Å². The minimum absolute atomic E-state index is 0.117. The summed E-state index contributed by atoms with van der Waals surface area (Å²) in [6, 6.07) is 6.61. The van der Waals surface area contributed by atoms with Crippen molar-refractivity contribution >= 4 is 23.3 Å². The van der Waals surface area contributed by atoms with E-state index < -0.39 is 17.8 Å². The Labute approximate surface area is 193 Å². The van der Waals surface area contributed by atoms with Gasteiger partial charge >= 0.3 is 6.09 Å². The fourth-order valence-corrected chi connectivity index (χ4v) is 3.81. The van der Waals surface area contributed by atoms with Crippen LogP contribution < -0.4 is 5.32 Å². The van der Waals surface area contributed by atoms with E-state index >= 15 is 0 Å². The third-order valence-corrected chi connectivity index (χ3v) is 5.84. The Kier molecular flexibility index (Phi) is 5.23. The van der Waals surface area contributed by atoms with Gasteiger partial charge in [0.05, 0.1) is 19.2 Å². The third kappa shape index (κ3) is 3.74. The second-order valence-corrected chi connectivity index (χ2v) is 8.19. The molecule has 174 valence electrons. The van der Waals surface area contributed by atoms with Crippen LogP contribution in [0.25, 0.3) is 17.0 Å². The number of halogens is 1. The van der Waals surface area contributed by atoms with Crippen molar-refractivity contribution in [1.82, 2.24) is 24.4 Å². The SMILES string of the molecule is COC(=O)N1CC(c2nc(-c3cc(F)c(C)c(NC(=O)c4cnc5ccc(C)cn45)c3)no2)C1. The van der Waals surface area contributed by atoms with Crippen LogP contribution in [0.3, 0.4) is 0 Å². The molecule has 3 aromatic heterocycles. The van der Waals surface area contributed by atoms with Gasteiger partial charge in [0, 0.05) is 36.1 Å². The number of hydrogen-bond acceptors (Lipinski definition) is 7. The number of likely N-dealkylation sites (tertiary alicyclic amines) is 1. The van der Waals surface area contributed by atoms with Crippen molar-refractivity contribution in [2.24, 2.45) is 0 Å². The second-order valence-electron chi connectivity index (χ2n) is 8.19. The molecule has 10 nitrogen and oxygen atoms in total. The average molecular weight is 464 g/mol. The van der Waals surface area contributed by atoms with Crippen LogP contribution >= 0.6 is 0 Å². The summed E-state index contributed by atoms with van der Waals surface area (Å²) in [7, 11) is 1.32. The Hall–Kier alpha value is -4.28. The fourth-order valence-electron chi connectivity index (χ4n) is 3.81. The van der Waals surface area contributed by atoms with Gasteiger partial charge in [-0.05, 0) is 37.6 Å². The number of nitrogens with one attached hydrogen (secondary N) is 1. The molecule has 0 atom stereocenters. The van der Waals surface area contributed by atoms with E-state index in [0.717, 1.165) is 5.56 Å². The molecule has 0 unspecified atom stereocenters. The van der Waals surface area contributed by atoms with E-state index in [0.29, 0.717) is 35.9 Å². The smallest absolute Gasteiger partial charge is 0.409 e. The van der Waals surface area contributed by atoms with Crippen LogP contribution in [0.2, 0.25) is 0 Å². The van der Waals surface area contributed by atoms with Crippen LogP contribution in [0.5, 0.6) is 0 Å². The molecule has 1 aliphatic rings. The van der Waals surface area contributed by atoms with Gasteiger partial charge in [-0.25, -0.2) is 14.2 Å². The first kappa shape index (κ1) is 21.6. The van der Waals surface area contributed by atoms with Crippen LogP contribution in [0, 0.1) is 19.7 Å². The van der Waals surface area contributed by atoms with Crippen molar-refractivity contribution in [2.45, 2.75) is 19.8 Å². The molecular formula is C23H21FN6O4. The second kappa shape index (κ2) is 8.25. The first-order valence-corrected chi connectivity index (χ1v) is 10.6. The van der Waals surface area contributed by atoms with Gasteiger partial charge in [-0.3, -0.25) is 9.20 Å². The number of hydrogen-bond donors (Lipinski definition) is 1. The van der Waals surface area contributed by atoms with Gasteiger partial charge < -0.3 is 19.5 Å². The van der Waals surface area contributed by atoms with Crippen LogP contribution in [0.4, 0.5) is 14.9 Å². The van der Waals surface area contributed by atoms with E-state index in [2.05, 4.69) is 25.2 Å². The molecule has 1 N–H and O–H groups in total. The molecular weight excluding hydrogens is 443 g/mol. The zero-order chi connectivity index (χ0) is 24.0. The summed E-state index contributed by atoms with van der Waals surface area (Å²) in [5.74, 6) is -0.528. The summed E-state index contributed by atoms with van der Waals surface area (Å²) >= 11 is 0. The van der Waals surface area contributed by atoms with E-state index in [1.54, 1.807) is 17.4 Å². The highest BCUT2D eigenvalue weighted by Crippen LogP contribution is 2.30. The van der Waals surface area contributed by atoms with E-state index in [9.17, 15) is 14.0 Å². The number of fused-ring (bicyclic) bond motifs is 1. The van der Waals surface area contributed by atoms with Crippen LogP contribution in [0.1, 0.15) is 33.4 Å². The lowest BCUT2D eigenvalue weighted by Crippen LogP contribution is -2.48. The fraction of sp³-hybridized carbons (Fsp3) is 0.261. The maximum Gasteiger partial charge on any atom is 0.409 e. The van der Waals surface area contributed by atoms with Crippen LogP contribution in [-0.2, 0) is 4.74 Å². The normalized spacial score (nSPS) is 13.7. The molecule has 0 saturated carbocycles. The topological polar surface area (TPSA) is 115 Å². The molecule has 1 aliphatic heterocycles. The highest BCUT2D eigenvalue weighted by atomic mass is 19.1. The van der Waals surface area contributed by atoms with Crippen LogP contribution in [-0.4, -0.2) is 56.6 Å².